The predicted molar refractivity (Wildman–Crippen MR) is 77.0 cm³/mol. The lowest BCUT2D eigenvalue weighted by Crippen LogP contribution is -2.25. The summed E-state index contributed by atoms with van der Waals surface area (Å²) in [6.07, 6.45) is 1.95. The Kier molecular flexibility index (Phi) is 2.45. The summed E-state index contributed by atoms with van der Waals surface area (Å²) in [7, 11) is 0. The maximum Gasteiger partial charge on any atom is 0.194 e. The Morgan fingerprint density at radius 3 is 2.10 bits per heavy atom. The molecule has 102 valence electrons. The highest BCUT2D eigenvalue weighted by Gasteiger charge is 2.34. The number of fused-ring (bicyclic) bond motifs is 4. The van der Waals surface area contributed by atoms with Crippen LogP contribution in [0.15, 0.2) is 36.4 Å². The summed E-state index contributed by atoms with van der Waals surface area (Å²) in [6.45, 7) is 0. The SMILES string of the molecule is O=C1CCCc2c1ccc1c2C(=O)c2ccccc2C1=O. The Labute approximate surface area is 121 Å². The third-order valence-electron chi connectivity index (χ3n) is 4.33. The van der Waals surface area contributed by atoms with Gasteiger partial charge in [0.1, 0.15) is 0 Å². The van der Waals surface area contributed by atoms with Gasteiger partial charge in [-0.3, -0.25) is 14.4 Å². The van der Waals surface area contributed by atoms with Gasteiger partial charge in [-0.25, -0.2) is 0 Å². The van der Waals surface area contributed by atoms with Gasteiger partial charge in [-0.1, -0.05) is 30.3 Å². The Balaban J connectivity index is 2.04. The molecule has 3 heteroatoms. The summed E-state index contributed by atoms with van der Waals surface area (Å²) in [5.74, 6) is -0.189. The third-order valence-corrected chi connectivity index (χ3v) is 4.33. The molecule has 2 aromatic carbocycles. The van der Waals surface area contributed by atoms with Crippen LogP contribution < -0.4 is 0 Å². The van der Waals surface area contributed by atoms with Crippen molar-refractivity contribution in [3.8, 4) is 0 Å². The van der Waals surface area contributed by atoms with Crippen LogP contribution in [0.4, 0.5) is 0 Å². The molecule has 0 atom stereocenters. The third kappa shape index (κ3) is 1.57. The fraction of sp³-hybridized carbons (Fsp3) is 0.167. The van der Waals surface area contributed by atoms with Crippen LogP contribution >= 0.6 is 0 Å². The lowest BCUT2D eigenvalue weighted by molar-refractivity contribution is 0.0963. The lowest BCUT2D eigenvalue weighted by Gasteiger charge is -2.24. The molecule has 4 rings (SSSR count). The maximum atomic E-state index is 12.8. The summed E-state index contributed by atoms with van der Waals surface area (Å²) in [6, 6.07) is 10.2. The van der Waals surface area contributed by atoms with Crippen molar-refractivity contribution in [2.75, 3.05) is 0 Å². The smallest absolute Gasteiger partial charge is 0.194 e. The molecule has 0 radical (unpaired) electrons. The molecule has 21 heavy (non-hydrogen) atoms. The molecule has 0 saturated carbocycles. The van der Waals surface area contributed by atoms with Gasteiger partial charge in [0, 0.05) is 34.2 Å². The molecule has 0 spiro atoms. The molecule has 0 aromatic heterocycles. The van der Waals surface area contributed by atoms with Crippen molar-refractivity contribution in [3.05, 3.63) is 69.8 Å². The van der Waals surface area contributed by atoms with E-state index in [4.69, 9.17) is 0 Å². The van der Waals surface area contributed by atoms with E-state index in [-0.39, 0.29) is 17.3 Å². The van der Waals surface area contributed by atoms with Crippen molar-refractivity contribution in [1.29, 1.82) is 0 Å². The van der Waals surface area contributed by atoms with Crippen molar-refractivity contribution in [2.24, 2.45) is 0 Å². The average Bonchev–Trinajstić information content (AvgIpc) is 2.52. The highest BCUT2D eigenvalue weighted by Crippen LogP contribution is 2.34. The van der Waals surface area contributed by atoms with Crippen LogP contribution in [0.3, 0.4) is 0 Å². The lowest BCUT2D eigenvalue weighted by atomic mass is 9.77. The molecule has 0 saturated heterocycles. The van der Waals surface area contributed by atoms with Crippen LogP contribution in [-0.4, -0.2) is 17.3 Å². The van der Waals surface area contributed by atoms with E-state index in [9.17, 15) is 14.4 Å². The second-order valence-electron chi connectivity index (χ2n) is 5.49. The average molecular weight is 276 g/mol. The number of hydrogen-bond donors (Lipinski definition) is 0. The van der Waals surface area contributed by atoms with Crippen LogP contribution in [0, 0.1) is 0 Å². The molecule has 2 aliphatic rings. The summed E-state index contributed by atoms with van der Waals surface area (Å²) in [4.78, 5) is 37.4. The first-order chi connectivity index (χ1) is 10.2. The molecule has 0 heterocycles. The highest BCUT2D eigenvalue weighted by molar-refractivity contribution is 6.29. The fourth-order valence-corrected chi connectivity index (χ4v) is 3.34. The van der Waals surface area contributed by atoms with Gasteiger partial charge < -0.3 is 0 Å². The first-order valence-electron chi connectivity index (χ1n) is 7.06. The van der Waals surface area contributed by atoms with E-state index in [1.807, 2.05) is 0 Å². The molecule has 0 N–H and O–H groups in total. The molecule has 3 nitrogen and oxygen atoms in total. The van der Waals surface area contributed by atoms with Gasteiger partial charge >= 0.3 is 0 Å². The van der Waals surface area contributed by atoms with Crippen molar-refractivity contribution in [2.45, 2.75) is 19.3 Å². The van der Waals surface area contributed by atoms with Crippen LogP contribution in [0.2, 0.25) is 0 Å². The van der Waals surface area contributed by atoms with Gasteiger partial charge in [-0.2, -0.15) is 0 Å². The molecular formula is C18H12O3. The van der Waals surface area contributed by atoms with Crippen molar-refractivity contribution in [3.63, 3.8) is 0 Å². The fourth-order valence-electron chi connectivity index (χ4n) is 3.34. The summed E-state index contributed by atoms with van der Waals surface area (Å²) < 4.78 is 0. The van der Waals surface area contributed by atoms with Crippen LogP contribution in [0.1, 0.15) is 60.6 Å². The number of hydrogen-bond acceptors (Lipinski definition) is 3. The second-order valence-corrected chi connectivity index (χ2v) is 5.49. The van der Waals surface area contributed by atoms with Gasteiger partial charge in [0.15, 0.2) is 17.3 Å². The number of benzene rings is 2. The minimum Gasteiger partial charge on any atom is -0.294 e. The number of Topliss-reactive ketones (excluding diaryl/α,β-unsaturated/α-hetero) is 1. The van der Waals surface area contributed by atoms with Crippen molar-refractivity contribution in [1.82, 2.24) is 0 Å². The predicted octanol–water partition coefficient (Wildman–Crippen LogP) is 2.98. The Morgan fingerprint density at radius 1 is 0.667 bits per heavy atom. The number of rotatable bonds is 0. The Morgan fingerprint density at radius 2 is 1.33 bits per heavy atom. The zero-order valence-electron chi connectivity index (χ0n) is 11.3. The quantitative estimate of drug-likeness (QED) is 0.634. The molecule has 0 bridgehead atoms. The standard InChI is InChI=1S/C18H12O3/c19-15-7-3-6-11-10(15)8-9-14-16(11)18(21)13-5-2-1-4-12(13)17(14)20/h1-2,4-5,8-9H,3,6-7H2. The summed E-state index contributed by atoms with van der Waals surface area (Å²) in [5.41, 5.74) is 3.16. The maximum absolute atomic E-state index is 12.8. The first kappa shape index (κ1) is 12.2. The molecule has 0 aliphatic heterocycles. The van der Waals surface area contributed by atoms with Crippen molar-refractivity contribution < 1.29 is 14.4 Å². The van der Waals surface area contributed by atoms with Gasteiger partial charge in [0.2, 0.25) is 0 Å². The number of carbonyl (C=O) groups excluding carboxylic acids is 3. The number of ketones is 3. The van der Waals surface area contributed by atoms with E-state index in [1.165, 1.54) is 0 Å². The summed E-state index contributed by atoms with van der Waals surface area (Å²) >= 11 is 0. The Bertz CT molecular complexity index is 830. The second kappa shape index (κ2) is 4.22. The number of carbonyl (C=O) groups is 3. The van der Waals surface area contributed by atoms with Crippen LogP contribution in [0.25, 0.3) is 0 Å². The first-order valence-corrected chi connectivity index (χ1v) is 7.06. The topological polar surface area (TPSA) is 51.2 Å². The molecule has 2 aromatic rings. The minimum atomic E-state index is -0.133. The van der Waals surface area contributed by atoms with Crippen LogP contribution in [-0.2, 0) is 6.42 Å². The van der Waals surface area contributed by atoms with E-state index in [2.05, 4.69) is 0 Å². The minimum absolute atomic E-state index is 0.0677. The normalized spacial score (nSPS) is 16.3. The van der Waals surface area contributed by atoms with E-state index in [0.717, 1.165) is 12.0 Å². The van der Waals surface area contributed by atoms with E-state index < -0.39 is 0 Å². The van der Waals surface area contributed by atoms with E-state index >= 15 is 0 Å². The Hall–Kier alpha value is -2.55. The zero-order chi connectivity index (χ0) is 14.6. The molecule has 0 amide bonds. The van der Waals surface area contributed by atoms with Gasteiger partial charge in [0.25, 0.3) is 0 Å². The largest absolute Gasteiger partial charge is 0.294 e. The van der Waals surface area contributed by atoms with E-state index in [0.29, 0.717) is 40.7 Å². The molecule has 2 aliphatic carbocycles. The highest BCUT2D eigenvalue weighted by atomic mass is 16.1. The molecule has 0 fully saturated rings. The monoisotopic (exact) mass is 276 g/mol. The van der Waals surface area contributed by atoms with E-state index in [1.54, 1.807) is 36.4 Å². The van der Waals surface area contributed by atoms with Gasteiger partial charge in [-0.05, 0) is 24.5 Å². The van der Waals surface area contributed by atoms with Gasteiger partial charge in [-0.15, -0.1) is 0 Å². The molecular weight excluding hydrogens is 264 g/mol. The summed E-state index contributed by atoms with van der Waals surface area (Å²) in [5, 5.41) is 0. The zero-order valence-corrected chi connectivity index (χ0v) is 11.3. The van der Waals surface area contributed by atoms with Gasteiger partial charge in [0.05, 0.1) is 0 Å². The van der Waals surface area contributed by atoms with Crippen LogP contribution in [0.5, 0.6) is 0 Å². The molecule has 0 unspecified atom stereocenters. The van der Waals surface area contributed by atoms with Crippen molar-refractivity contribution >= 4 is 17.3 Å².